The van der Waals surface area contributed by atoms with Gasteiger partial charge in [0.2, 0.25) is 0 Å². The number of nitrogens with two attached hydrogens (primary N) is 1. The van der Waals surface area contributed by atoms with Gasteiger partial charge in [0.15, 0.2) is 0 Å². The normalized spacial score (nSPS) is 15.6. The van der Waals surface area contributed by atoms with Gasteiger partial charge in [-0.15, -0.1) is 0 Å². The van der Waals surface area contributed by atoms with Gasteiger partial charge in [-0.3, -0.25) is 13.8 Å². The summed E-state index contributed by atoms with van der Waals surface area (Å²) >= 11 is 0. The molecule has 0 fully saturated rings. The van der Waals surface area contributed by atoms with Crippen LogP contribution in [0.25, 0.3) is 0 Å². The minimum atomic E-state index is -4.47. The molecule has 0 aliphatic carbocycles. The maximum Gasteiger partial charge on any atom is 0.472 e. The van der Waals surface area contributed by atoms with Crippen molar-refractivity contribution in [1.82, 2.24) is 0 Å². The number of aliphatic hydroxyl groups excluding tert-OH is 1. The number of hydrogen-bond donors (Lipinski definition) is 4. The molecule has 0 heterocycles. The molecular formula is C24H46NO8P. The van der Waals surface area contributed by atoms with Crippen LogP contribution in [0.1, 0.15) is 84.0 Å². The van der Waals surface area contributed by atoms with Crippen LogP contribution in [0, 0.1) is 0 Å². The molecule has 1 unspecified atom stereocenters. The highest BCUT2D eigenvalue weighted by Gasteiger charge is 2.26. The second-order valence-corrected chi connectivity index (χ2v) is 9.72. The Morgan fingerprint density at radius 2 is 1.47 bits per heavy atom. The molecule has 0 aliphatic rings. The summed E-state index contributed by atoms with van der Waals surface area (Å²) in [5.41, 5.74) is 5.20. The van der Waals surface area contributed by atoms with E-state index in [0.29, 0.717) is 6.61 Å². The van der Waals surface area contributed by atoms with Gasteiger partial charge in [0.05, 0.1) is 19.8 Å². The average Bonchev–Trinajstić information content (AvgIpc) is 2.81. The van der Waals surface area contributed by atoms with Crippen LogP contribution >= 0.6 is 7.82 Å². The first-order valence-electron chi connectivity index (χ1n) is 12.4. The molecule has 0 aromatic heterocycles. The molecule has 0 amide bonds. The molecule has 10 heteroatoms. The number of rotatable bonds is 24. The number of carboxylic acids is 1. The summed E-state index contributed by atoms with van der Waals surface area (Å²) in [4.78, 5) is 20.1. The van der Waals surface area contributed by atoms with Gasteiger partial charge < -0.3 is 25.6 Å². The fraction of sp³-hybridized carbons (Fsp3) is 0.792. The predicted molar refractivity (Wildman–Crippen MR) is 134 cm³/mol. The Labute approximate surface area is 205 Å². The van der Waals surface area contributed by atoms with Gasteiger partial charge in [0, 0.05) is 6.61 Å². The van der Waals surface area contributed by atoms with Crippen LogP contribution < -0.4 is 5.73 Å². The highest BCUT2D eigenvalue weighted by atomic mass is 31.2. The van der Waals surface area contributed by atoms with Crippen molar-refractivity contribution in [2.45, 2.75) is 96.1 Å². The number of phosphoric acid groups is 1. The second-order valence-electron chi connectivity index (χ2n) is 8.26. The Hall–Kier alpha value is -1.06. The standard InChI is InChI=1S/C24H46NO8P/c1-2-3-4-5-6-7-8-9-10-11-12-13-14-15-16-17-18-31-22(19-26)20-32-34(29,30)33-21-23(25)24(27)28/h6-7,9-10,22-23,26H,2-5,8,11-21,25H2,1H3,(H,27,28)(H,29,30)/b7-6-,10-9-/t22-,23-/m0/s1. The first-order chi connectivity index (χ1) is 16.3. The van der Waals surface area contributed by atoms with E-state index in [0.717, 1.165) is 32.1 Å². The van der Waals surface area contributed by atoms with Crippen LogP contribution in [0.4, 0.5) is 0 Å². The quantitative estimate of drug-likeness (QED) is 0.0827. The summed E-state index contributed by atoms with van der Waals surface area (Å²) < 4.78 is 26.5. The van der Waals surface area contributed by atoms with Gasteiger partial charge in [-0.2, -0.15) is 0 Å². The Bertz CT molecular complexity index is 600. The van der Waals surface area contributed by atoms with Crippen LogP contribution in [0.2, 0.25) is 0 Å². The molecule has 34 heavy (non-hydrogen) atoms. The third kappa shape index (κ3) is 21.5. The number of carboxylic acid groups (broad SMARTS) is 1. The summed E-state index contributed by atoms with van der Waals surface area (Å²) in [6, 6.07) is -1.43. The fourth-order valence-corrected chi connectivity index (χ4v) is 3.73. The van der Waals surface area contributed by atoms with Crippen molar-refractivity contribution in [1.29, 1.82) is 0 Å². The first-order valence-corrected chi connectivity index (χ1v) is 13.9. The molecule has 0 saturated heterocycles. The van der Waals surface area contributed by atoms with Gasteiger partial charge in [-0.05, 0) is 38.5 Å². The highest BCUT2D eigenvalue weighted by molar-refractivity contribution is 7.47. The minimum Gasteiger partial charge on any atom is -0.480 e. The van der Waals surface area contributed by atoms with Crippen LogP contribution in [0.15, 0.2) is 24.3 Å². The topological polar surface area (TPSA) is 149 Å². The van der Waals surface area contributed by atoms with Crippen LogP contribution in [-0.4, -0.2) is 59.6 Å². The zero-order valence-corrected chi connectivity index (χ0v) is 21.6. The predicted octanol–water partition coefficient (Wildman–Crippen LogP) is 4.72. The monoisotopic (exact) mass is 507 g/mol. The van der Waals surface area contributed by atoms with Gasteiger partial charge in [-0.25, -0.2) is 4.57 Å². The van der Waals surface area contributed by atoms with Gasteiger partial charge in [-0.1, -0.05) is 69.8 Å². The minimum absolute atomic E-state index is 0.352. The smallest absolute Gasteiger partial charge is 0.472 e. The first kappa shape index (κ1) is 32.9. The summed E-state index contributed by atoms with van der Waals surface area (Å²) in [5, 5.41) is 18.0. The molecule has 0 aromatic carbocycles. The van der Waals surface area contributed by atoms with E-state index in [1.54, 1.807) is 0 Å². The third-order valence-electron chi connectivity index (χ3n) is 5.06. The summed E-state index contributed by atoms with van der Waals surface area (Å²) in [6.07, 6.45) is 21.9. The number of aliphatic carboxylic acids is 1. The van der Waals surface area contributed by atoms with E-state index < -0.39 is 32.5 Å². The number of carbonyl (C=O) groups is 1. The lowest BCUT2D eigenvalue weighted by Crippen LogP contribution is -2.34. The molecule has 0 rings (SSSR count). The van der Waals surface area contributed by atoms with Crippen molar-refractivity contribution in [3.05, 3.63) is 24.3 Å². The lowest BCUT2D eigenvalue weighted by atomic mass is 10.1. The summed E-state index contributed by atoms with van der Waals surface area (Å²) in [7, 11) is -4.47. The Morgan fingerprint density at radius 3 is 2.06 bits per heavy atom. The van der Waals surface area contributed by atoms with E-state index in [-0.39, 0.29) is 13.2 Å². The molecule has 9 nitrogen and oxygen atoms in total. The van der Waals surface area contributed by atoms with Crippen molar-refractivity contribution < 1.29 is 38.3 Å². The van der Waals surface area contributed by atoms with Gasteiger partial charge in [0.1, 0.15) is 12.1 Å². The molecule has 5 N–H and O–H groups in total. The maximum atomic E-state index is 11.7. The van der Waals surface area contributed by atoms with Crippen LogP contribution in [0.3, 0.4) is 0 Å². The van der Waals surface area contributed by atoms with Crippen molar-refractivity contribution in [3.63, 3.8) is 0 Å². The third-order valence-corrected chi connectivity index (χ3v) is 6.01. The van der Waals surface area contributed by atoms with E-state index in [4.69, 9.17) is 20.1 Å². The SMILES string of the molecule is CCCCC/C=C\C/C=C\CCCCCCCCO[C@@H](CO)COP(=O)(O)OC[C@H](N)C(=O)O. The molecular weight excluding hydrogens is 461 g/mol. The van der Waals surface area contributed by atoms with Gasteiger partial charge in [0.25, 0.3) is 0 Å². The highest BCUT2D eigenvalue weighted by Crippen LogP contribution is 2.43. The maximum absolute atomic E-state index is 11.7. The number of unbranched alkanes of at least 4 members (excludes halogenated alkanes) is 9. The number of phosphoric ester groups is 1. The Balaban J connectivity index is 3.65. The lowest BCUT2D eigenvalue weighted by Gasteiger charge is -2.18. The molecule has 0 saturated carbocycles. The van der Waals surface area contributed by atoms with Crippen molar-refractivity contribution in [3.8, 4) is 0 Å². The molecule has 0 spiro atoms. The fourth-order valence-electron chi connectivity index (χ4n) is 2.95. The van der Waals surface area contributed by atoms with E-state index in [1.165, 1.54) is 44.9 Å². The van der Waals surface area contributed by atoms with E-state index in [9.17, 15) is 19.4 Å². The average molecular weight is 508 g/mol. The number of aliphatic hydroxyl groups is 1. The van der Waals surface area contributed by atoms with Crippen LogP contribution in [0.5, 0.6) is 0 Å². The zero-order valence-electron chi connectivity index (χ0n) is 20.7. The van der Waals surface area contributed by atoms with Gasteiger partial charge >= 0.3 is 13.8 Å². The molecule has 3 atom stereocenters. The largest absolute Gasteiger partial charge is 0.480 e. The van der Waals surface area contributed by atoms with Crippen molar-refractivity contribution in [2.75, 3.05) is 26.4 Å². The Kier molecular flexibility index (Phi) is 21.7. The zero-order chi connectivity index (χ0) is 25.5. The molecule has 0 bridgehead atoms. The lowest BCUT2D eigenvalue weighted by molar-refractivity contribution is -0.139. The molecule has 0 radical (unpaired) electrons. The number of hydrogen-bond acceptors (Lipinski definition) is 7. The molecule has 0 aliphatic heterocycles. The van der Waals surface area contributed by atoms with Crippen molar-refractivity contribution in [2.24, 2.45) is 5.73 Å². The van der Waals surface area contributed by atoms with Crippen LogP contribution in [-0.2, 0) is 23.1 Å². The number of ether oxygens (including phenoxy) is 1. The number of allylic oxidation sites excluding steroid dienone is 4. The van der Waals surface area contributed by atoms with E-state index >= 15 is 0 Å². The summed E-state index contributed by atoms with van der Waals surface area (Å²) in [5.74, 6) is -1.36. The van der Waals surface area contributed by atoms with E-state index in [1.807, 2.05) is 0 Å². The molecule has 0 aromatic rings. The second kappa shape index (κ2) is 22.4. The summed E-state index contributed by atoms with van der Waals surface area (Å²) in [6.45, 7) is 1.23. The van der Waals surface area contributed by atoms with Crippen molar-refractivity contribution >= 4 is 13.8 Å². The Morgan fingerprint density at radius 1 is 0.912 bits per heavy atom. The molecule has 200 valence electrons. The van der Waals surface area contributed by atoms with E-state index in [2.05, 4.69) is 35.8 Å².